The summed E-state index contributed by atoms with van der Waals surface area (Å²) in [7, 11) is 1.55. The largest absolute Gasteiger partial charge is 0.460 e. The minimum Gasteiger partial charge on any atom is -0.460 e. The van der Waals surface area contributed by atoms with E-state index >= 15 is 0 Å². The van der Waals surface area contributed by atoms with Crippen molar-refractivity contribution in [2.75, 3.05) is 7.11 Å². The number of benzene rings is 1. The molecule has 0 saturated heterocycles. The number of hydrogen-bond donors (Lipinski definition) is 0. The van der Waals surface area contributed by atoms with Crippen LogP contribution in [0.4, 0.5) is 0 Å². The molecule has 2 rings (SSSR count). The van der Waals surface area contributed by atoms with Crippen LogP contribution >= 0.6 is 11.3 Å². The lowest BCUT2D eigenvalue weighted by atomic mass is 10.0. The monoisotopic (exact) mass is 323 g/mol. The molecule has 1 aromatic heterocycles. The van der Waals surface area contributed by atoms with E-state index in [4.69, 9.17) is 9.47 Å². The quantitative estimate of drug-likeness (QED) is 0.811. The van der Waals surface area contributed by atoms with Gasteiger partial charge in [0.2, 0.25) is 0 Å². The Morgan fingerprint density at radius 1 is 1.36 bits per heavy atom. The summed E-state index contributed by atoms with van der Waals surface area (Å²) in [6, 6.07) is 5.58. The second-order valence-electron chi connectivity index (χ2n) is 6.20. The van der Waals surface area contributed by atoms with E-state index < -0.39 is 5.60 Å². The molecule has 22 heavy (non-hydrogen) atoms. The van der Waals surface area contributed by atoms with Gasteiger partial charge in [-0.25, -0.2) is 0 Å². The van der Waals surface area contributed by atoms with Gasteiger partial charge in [-0.2, -0.15) is 0 Å². The predicted molar refractivity (Wildman–Crippen MR) is 87.4 cm³/mol. The van der Waals surface area contributed by atoms with Crippen LogP contribution in [0, 0.1) is 0 Å². The Labute approximate surface area is 133 Å². The van der Waals surface area contributed by atoms with Crippen molar-refractivity contribution in [1.29, 1.82) is 0 Å². The van der Waals surface area contributed by atoms with E-state index in [2.05, 4.69) is 0 Å². The Hall–Kier alpha value is -1.66. The number of carbonyl (C=O) groups excluding carboxylic acids is 1. The number of methoxy groups -OCH3 is 1. The lowest BCUT2D eigenvalue weighted by molar-refractivity contribution is -0.156. The van der Waals surface area contributed by atoms with Gasteiger partial charge < -0.3 is 9.47 Å². The molecule has 120 valence electrons. The van der Waals surface area contributed by atoms with E-state index in [-0.39, 0.29) is 23.5 Å². The van der Waals surface area contributed by atoms with E-state index in [1.807, 2.05) is 45.9 Å². The van der Waals surface area contributed by atoms with Gasteiger partial charge in [-0.05, 0) is 45.4 Å². The van der Waals surface area contributed by atoms with Crippen LogP contribution in [0.3, 0.4) is 0 Å². The topological polar surface area (TPSA) is 57.5 Å². The van der Waals surface area contributed by atoms with Crippen molar-refractivity contribution in [3.8, 4) is 0 Å². The first kappa shape index (κ1) is 16.7. The lowest BCUT2D eigenvalue weighted by Gasteiger charge is -2.22. The van der Waals surface area contributed by atoms with Crippen molar-refractivity contribution in [3.63, 3.8) is 0 Å². The fourth-order valence-corrected chi connectivity index (χ4v) is 3.06. The van der Waals surface area contributed by atoms with Crippen LogP contribution in [0.1, 0.15) is 39.2 Å². The summed E-state index contributed by atoms with van der Waals surface area (Å²) in [5.74, 6) is -0.646. The number of fused-ring (bicyclic) bond motifs is 1. The van der Waals surface area contributed by atoms with Gasteiger partial charge in [0.25, 0.3) is 0 Å². The van der Waals surface area contributed by atoms with Crippen LogP contribution in [0.2, 0.25) is 0 Å². The Balaban J connectivity index is 2.34. The van der Waals surface area contributed by atoms with Crippen LogP contribution in [0.5, 0.6) is 0 Å². The Morgan fingerprint density at radius 2 is 2.05 bits per heavy atom. The van der Waals surface area contributed by atoms with Crippen molar-refractivity contribution in [3.05, 3.63) is 33.4 Å². The molecule has 0 spiro atoms. The van der Waals surface area contributed by atoms with Crippen LogP contribution in [0.15, 0.2) is 23.0 Å². The van der Waals surface area contributed by atoms with Crippen LogP contribution < -0.4 is 4.87 Å². The minimum atomic E-state index is -0.512. The van der Waals surface area contributed by atoms with Crippen LogP contribution in [0.25, 0.3) is 10.2 Å². The lowest BCUT2D eigenvalue weighted by Crippen LogP contribution is -2.26. The molecular formula is C16H21NO4S. The predicted octanol–water partition coefficient (Wildman–Crippen LogP) is 3.11. The van der Waals surface area contributed by atoms with Gasteiger partial charge in [0.15, 0.2) is 0 Å². The second-order valence-corrected chi connectivity index (χ2v) is 7.19. The highest BCUT2D eigenvalue weighted by molar-refractivity contribution is 7.16. The molecule has 0 aliphatic rings. The van der Waals surface area contributed by atoms with Crippen LogP contribution in [-0.2, 0) is 21.0 Å². The van der Waals surface area contributed by atoms with Crippen molar-refractivity contribution in [2.24, 2.45) is 0 Å². The van der Waals surface area contributed by atoms with Gasteiger partial charge in [-0.1, -0.05) is 17.4 Å². The number of nitrogens with zero attached hydrogens (tertiary/aromatic N) is 1. The first-order valence-electron chi connectivity index (χ1n) is 7.08. The minimum absolute atomic E-state index is 0.0704. The summed E-state index contributed by atoms with van der Waals surface area (Å²) in [5.41, 5.74) is 1.15. The van der Waals surface area contributed by atoms with Gasteiger partial charge in [0.05, 0.1) is 16.1 Å². The SMILES string of the molecule is COCn1c(=O)sc2cc(C(C)C(=O)OC(C)(C)C)ccc21. The van der Waals surface area contributed by atoms with Crippen LogP contribution in [-0.4, -0.2) is 23.2 Å². The number of carbonyl (C=O) groups is 1. The van der Waals surface area contributed by atoms with Crippen molar-refractivity contribution >= 4 is 27.5 Å². The number of ether oxygens (including phenoxy) is 2. The molecule has 0 radical (unpaired) electrons. The number of thiazole rings is 1. The molecular weight excluding hydrogens is 302 g/mol. The summed E-state index contributed by atoms with van der Waals surface area (Å²) in [6.45, 7) is 7.57. The number of esters is 1. The average Bonchev–Trinajstić information content (AvgIpc) is 2.72. The Morgan fingerprint density at radius 3 is 2.64 bits per heavy atom. The Bertz CT molecular complexity index is 739. The van der Waals surface area contributed by atoms with E-state index in [0.29, 0.717) is 0 Å². The van der Waals surface area contributed by atoms with Crippen molar-refractivity contribution in [2.45, 2.75) is 45.9 Å². The van der Waals surface area contributed by atoms with Gasteiger partial charge in [0.1, 0.15) is 12.3 Å². The normalized spacial score (nSPS) is 13.3. The molecule has 0 aliphatic heterocycles. The molecule has 5 nitrogen and oxygen atoms in total. The fourth-order valence-electron chi connectivity index (χ4n) is 2.13. The Kier molecular flexibility index (Phi) is 4.72. The first-order valence-corrected chi connectivity index (χ1v) is 7.89. The number of rotatable bonds is 4. The average molecular weight is 323 g/mol. The molecule has 0 N–H and O–H groups in total. The molecule has 0 fully saturated rings. The number of hydrogen-bond acceptors (Lipinski definition) is 5. The van der Waals surface area contributed by atoms with E-state index in [1.165, 1.54) is 0 Å². The van der Waals surface area contributed by atoms with Gasteiger partial charge >= 0.3 is 10.8 Å². The summed E-state index contributed by atoms with van der Waals surface area (Å²) in [6.07, 6.45) is 0. The summed E-state index contributed by atoms with van der Waals surface area (Å²) >= 11 is 1.15. The molecule has 6 heteroatoms. The maximum Gasteiger partial charge on any atom is 0.313 e. The highest BCUT2D eigenvalue weighted by Crippen LogP contribution is 2.25. The fraction of sp³-hybridized carbons (Fsp3) is 0.500. The molecule has 0 saturated carbocycles. The molecule has 1 aromatic carbocycles. The van der Waals surface area contributed by atoms with E-state index in [1.54, 1.807) is 11.7 Å². The zero-order chi connectivity index (χ0) is 16.5. The third-order valence-corrected chi connectivity index (χ3v) is 4.15. The molecule has 1 heterocycles. The van der Waals surface area contributed by atoms with Crippen molar-refractivity contribution < 1.29 is 14.3 Å². The molecule has 1 atom stereocenters. The molecule has 0 amide bonds. The second kappa shape index (κ2) is 6.22. The zero-order valence-corrected chi connectivity index (χ0v) is 14.3. The van der Waals surface area contributed by atoms with Crippen molar-refractivity contribution in [1.82, 2.24) is 4.57 Å². The molecule has 2 aromatic rings. The van der Waals surface area contributed by atoms with Gasteiger partial charge in [0, 0.05) is 7.11 Å². The highest BCUT2D eigenvalue weighted by atomic mass is 32.1. The van der Waals surface area contributed by atoms with Gasteiger partial charge in [-0.15, -0.1) is 0 Å². The van der Waals surface area contributed by atoms with Gasteiger partial charge in [-0.3, -0.25) is 14.2 Å². The maximum atomic E-state index is 12.2. The zero-order valence-electron chi connectivity index (χ0n) is 13.5. The summed E-state index contributed by atoms with van der Waals surface area (Å²) in [4.78, 5) is 24.0. The first-order chi connectivity index (χ1) is 10.2. The standard InChI is InChI=1S/C16H21NO4S/c1-10(14(18)21-16(2,3)4)11-6-7-12-13(8-11)22-15(19)17(12)9-20-5/h6-8,10H,9H2,1-5H3. The highest BCUT2D eigenvalue weighted by Gasteiger charge is 2.23. The summed E-state index contributed by atoms with van der Waals surface area (Å²) < 4.78 is 12.9. The number of aromatic nitrogens is 1. The van der Waals surface area contributed by atoms with E-state index in [0.717, 1.165) is 27.1 Å². The molecule has 0 bridgehead atoms. The summed E-state index contributed by atoms with van der Waals surface area (Å²) in [5, 5.41) is 0. The third kappa shape index (κ3) is 3.56. The molecule has 0 aliphatic carbocycles. The maximum absolute atomic E-state index is 12.2. The third-order valence-electron chi connectivity index (χ3n) is 3.21. The van der Waals surface area contributed by atoms with E-state index in [9.17, 15) is 9.59 Å². The molecule has 1 unspecified atom stereocenters. The smallest absolute Gasteiger partial charge is 0.313 e.